The molecule has 0 aromatic heterocycles. The minimum atomic E-state index is -5.23. The van der Waals surface area contributed by atoms with Gasteiger partial charge in [0, 0.05) is 21.1 Å². The Morgan fingerprint density at radius 2 is 1.24 bits per heavy atom. The SMILES string of the molecule is CN(O)C(C)(O)C(N(C)O)(N(C)O)S(=O)(=O)O. The first-order valence-corrected chi connectivity index (χ1v) is 5.75. The van der Waals surface area contributed by atoms with Crippen molar-refractivity contribution in [2.45, 2.75) is 17.6 Å². The van der Waals surface area contributed by atoms with Crippen LogP contribution in [0.25, 0.3) is 0 Å². The predicted molar refractivity (Wildman–Crippen MR) is 53.6 cm³/mol. The van der Waals surface area contributed by atoms with Crippen molar-refractivity contribution in [3.8, 4) is 0 Å². The van der Waals surface area contributed by atoms with Crippen LogP contribution in [0, 0.1) is 0 Å². The van der Waals surface area contributed by atoms with Crippen LogP contribution in [-0.4, -0.2) is 80.8 Å². The van der Waals surface area contributed by atoms with Crippen LogP contribution in [0.5, 0.6) is 0 Å². The highest BCUT2D eigenvalue weighted by atomic mass is 32.2. The smallest absolute Gasteiger partial charge is 0.307 e. The van der Waals surface area contributed by atoms with E-state index in [4.69, 9.17) is 4.55 Å². The van der Waals surface area contributed by atoms with Crippen LogP contribution in [0.2, 0.25) is 0 Å². The van der Waals surface area contributed by atoms with E-state index >= 15 is 0 Å². The van der Waals surface area contributed by atoms with Crippen molar-refractivity contribution in [2.75, 3.05) is 21.1 Å². The molecule has 1 unspecified atom stereocenters. The second-order valence-corrected chi connectivity index (χ2v) is 5.19. The molecule has 0 saturated heterocycles. The van der Waals surface area contributed by atoms with Crippen LogP contribution >= 0.6 is 0 Å². The summed E-state index contributed by atoms with van der Waals surface area (Å²) in [5, 5.41) is 37.5. The summed E-state index contributed by atoms with van der Waals surface area (Å²) in [6.07, 6.45) is 0. The first-order valence-electron chi connectivity index (χ1n) is 4.31. The van der Waals surface area contributed by atoms with Gasteiger partial charge in [0.15, 0.2) is 5.72 Å². The number of rotatable bonds is 5. The largest absolute Gasteiger partial charge is 0.370 e. The van der Waals surface area contributed by atoms with Crippen molar-refractivity contribution in [1.82, 2.24) is 15.2 Å². The number of aliphatic hydroxyl groups is 1. The molecule has 0 aliphatic rings. The van der Waals surface area contributed by atoms with E-state index in [1.165, 1.54) is 0 Å². The Morgan fingerprint density at radius 3 is 1.29 bits per heavy atom. The summed E-state index contributed by atoms with van der Waals surface area (Å²) >= 11 is 0. The number of hydroxylamine groups is 6. The Balaban J connectivity index is 6.23. The van der Waals surface area contributed by atoms with Gasteiger partial charge in [0.25, 0.3) is 4.99 Å². The van der Waals surface area contributed by atoms with E-state index in [0.29, 0.717) is 0 Å². The molecule has 11 heteroatoms. The third kappa shape index (κ3) is 2.29. The molecule has 104 valence electrons. The zero-order valence-electron chi connectivity index (χ0n) is 9.80. The number of likely N-dealkylation sites (N-methyl/N-ethyl adjacent to an activating group) is 3. The fourth-order valence-electron chi connectivity index (χ4n) is 1.61. The van der Waals surface area contributed by atoms with Gasteiger partial charge in [-0.15, -0.1) is 0 Å². The molecule has 0 aromatic carbocycles. The van der Waals surface area contributed by atoms with Gasteiger partial charge in [0.1, 0.15) is 0 Å². The molecular weight excluding hydrogens is 258 g/mol. The lowest BCUT2D eigenvalue weighted by molar-refractivity contribution is -0.369. The molecule has 0 aromatic rings. The predicted octanol–water partition coefficient (Wildman–Crippen LogP) is -1.80. The van der Waals surface area contributed by atoms with Crippen molar-refractivity contribution < 1.29 is 33.7 Å². The van der Waals surface area contributed by atoms with Crippen LogP contribution in [0.4, 0.5) is 0 Å². The van der Waals surface area contributed by atoms with Gasteiger partial charge in [-0.05, 0) is 6.92 Å². The average Bonchev–Trinajstić information content (AvgIpc) is 1.98. The Bertz CT molecular complexity index is 356. The van der Waals surface area contributed by atoms with Gasteiger partial charge in [-0.2, -0.15) is 23.6 Å². The van der Waals surface area contributed by atoms with E-state index in [2.05, 4.69) is 0 Å². The highest BCUT2D eigenvalue weighted by molar-refractivity contribution is 7.87. The van der Waals surface area contributed by atoms with Crippen molar-refractivity contribution in [1.29, 1.82) is 0 Å². The van der Waals surface area contributed by atoms with E-state index in [9.17, 15) is 29.1 Å². The van der Waals surface area contributed by atoms with Crippen LogP contribution in [-0.2, 0) is 10.1 Å². The van der Waals surface area contributed by atoms with Crippen molar-refractivity contribution in [2.24, 2.45) is 0 Å². The monoisotopic (exact) mass is 275 g/mol. The molecule has 10 nitrogen and oxygen atoms in total. The first kappa shape index (κ1) is 16.6. The quantitative estimate of drug-likeness (QED) is 0.221. The molecule has 0 aliphatic carbocycles. The van der Waals surface area contributed by atoms with E-state index in [-0.39, 0.29) is 15.2 Å². The standard InChI is InChI=1S/C6H17N3O7S/c1-5(10,7(2)11)6(8(3)12,9(4)13)17(14,15)16/h10-13H,1-4H3,(H,14,15,16). The average molecular weight is 275 g/mol. The van der Waals surface area contributed by atoms with E-state index in [1.54, 1.807) is 0 Å². The molecule has 0 bridgehead atoms. The molecule has 0 rings (SSSR count). The molecule has 1 atom stereocenters. The lowest BCUT2D eigenvalue weighted by Gasteiger charge is -2.48. The Labute approximate surface area is 98.5 Å². The first-order chi connectivity index (χ1) is 7.33. The van der Waals surface area contributed by atoms with Crippen LogP contribution < -0.4 is 0 Å². The zero-order valence-corrected chi connectivity index (χ0v) is 10.6. The molecule has 0 saturated carbocycles. The Hall–Kier alpha value is -0.370. The summed E-state index contributed by atoms with van der Waals surface area (Å²) in [6, 6.07) is 0. The summed E-state index contributed by atoms with van der Waals surface area (Å²) in [6.45, 7) is 0.764. The maximum atomic E-state index is 11.3. The molecule has 0 fully saturated rings. The Morgan fingerprint density at radius 1 is 0.941 bits per heavy atom. The molecule has 0 aliphatic heterocycles. The molecule has 5 N–H and O–H groups in total. The third-order valence-corrected chi connectivity index (χ3v) is 4.12. The van der Waals surface area contributed by atoms with Gasteiger partial charge in [-0.3, -0.25) is 4.55 Å². The summed E-state index contributed by atoms with van der Waals surface area (Å²) in [5.74, 6) is 0. The van der Waals surface area contributed by atoms with Crippen LogP contribution in [0.15, 0.2) is 0 Å². The molecule has 0 heterocycles. The Kier molecular flexibility index (Phi) is 4.61. The van der Waals surface area contributed by atoms with E-state index in [1.807, 2.05) is 0 Å². The molecule has 0 radical (unpaired) electrons. The second-order valence-electron chi connectivity index (χ2n) is 3.67. The highest BCUT2D eigenvalue weighted by Gasteiger charge is 2.65. The maximum absolute atomic E-state index is 11.3. The number of nitrogens with zero attached hydrogens (tertiary/aromatic N) is 3. The van der Waals surface area contributed by atoms with Gasteiger partial charge in [-0.25, -0.2) is 0 Å². The fourth-order valence-corrected chi connectivity index (χ4v) is 2.90. The summed E-state index contributed by atoms with van der Waals surface area (Å²) in [4.78, 5) is -3.11. The molecular formula is C6H17N3O7S. The second kappa shape index (κ2) is 4.72. The number of hydrogen-bond donors (Lipinski definition) is 5. The normalized spacial score (nSPS) is 17.9. The van der Waals surface area contributed by atoms with Crippen LogP contribution in [0.3, 0.4) is 0 Å². The highest BCUT2D eigenvalue weighted by Crippen LogP contribution is 2.35. The lowest BCUT2D eigenvalue weighted by atomic mass is 10.1. The summed E-state index contributed by atoms with van der Waals surface area (Å²) in [7, 11) is -2.83. The van der Waals surface area contributed by atoms with Gasteiger partial charge < -0.3 is 20.7 Å². The lowest BCUT2D eigenvalue weighted by Crippen LogP contribution is -2.76. The maximum Gasteiger partial charge on any atom is 0.307 e. The summed E-state index contributed by atoms with van der Waals surface area (Å²) in [5.41, 5.74) is -2.76. The fraction of sp³-hybridized carbons (Fsp3) is 1.00. The zero-order chi connectivity index (χ0) is 14.2. The van der Waals surface area contributed by atoms with Gasteiger partial charge in [0.2, 0.25) is 0 Å². The molecule has 0 spiro atoms. The van der Waals surface area contributed by atoms with Crippen molar-refractivity contribution >= 4 is 10.1 Å². The van der Waals surface area contributed by atoms with Gasteiger partial charge in [-0.1, -0.05) is 0 Å². The molecule has 0 amide bonds. The minimum Gasteiger partial charge on any atom is -0.370 e. The van der Waals surface area contributed by atoms with Crippen molar-refractivity contribution in [3.63, 3.8) is 0 Å². The van der Waals surface area contributed by atoms with Crippen molar-refractivity contribution in [3.05, 3.63) is 0 Å². The third-order valence-electron chi connectivity index (χ3n) is 2.48. The van der Waals surface area contributed by atoms with Crippen LogP contribution in [0.1, 0.15) is 6.92 Å². The van der Waals surface area contributed by atoms with E-state index in [0.717, 1.165) is 28.1 Å². The summed E-state index contributed by atoms with van der Waals surface area (Å²) < 4.78 is 31.8. The van der Waals surface area contributed by atoms with E-state index < -0.39 is 20.8 Å². The molecule has 17 heavy (non-hydrogen) atoms. The topological polar surface area (TPSA) is 145 Å². The minimum absolute atomic E-state index is 0.0141. The van der Waals surface area contributed by atoms with Gasteiger partial charge >= 0.3 is 10.1 Å². The number of hydrogen-bond acceptors (Lipinski definition) is 9. The van der Waals surface area contributed by atoms with Gasteiger partial charge in [0.05, 0.1) is 0 Å².